The van der Waals surface area contributed by atoms with E-state index < -0.39 is 0 Å². The lowest BCUT2D eigenvalue weighted by Crippen LogP contribution is -2.05. The van der Waals surface area contributed by atoms with Crippen molar-refractivity contribution in [3.05, 3.63) is 0 Å². The van der Waals surface area contributed by atoms with E-state index in [9.17, 15) is 0 Å². The Bertz CT molecular complexity index is 101. The first kappa shape index (κ1) is 8.67. The molecule has 0 saturated carbocycles. The van der Waals surface area contributed by atoms with Crippen LogP contribution < -0.4 is 0 Å². The SMILES string of the molecule is C/C(=N\C(C)C)C(C)C. The van der Waals surface area contributed by atoms with Gasteiger partial charge in [0, 0.05) is 11.8 Å². The van der Waals surface area contributed by atoms with Crippen molar-refractivity contribution in [1.82, 2.24) is 0 Å². The third-order valence-electron chi connectivity index (χ3n) is 1.30. The van der Waals surface area contributed by atoms with E-state index in [1.807, 2.05) is 0 Å². The highest BCUT2D eigenvalue weighted by Crippen LogP contribution is 1.98. The summed E-state index contributed by atoms with van der Waals surface area (Å²) in [6, 6.07) is 0.451. The molecule has 0 radical (unpaired) electrons. The molecule has 1 nitrogen and oxygen atoms in total. The second-order valence-corrected chi connectivity index (χ2v) is 3.02. The number of aliphatic imine (C=N–C) groups is 1. The lowest BCUT2D eigenvalue weighted by atomic mass is 10.1. The molecule has 0 bridgehead atoms. The van der Waals surface area contributed by atoms with E-state index in [-0.39, 0.29) is 0 Å². The zero-order chi connectivity index (χ0) is 7.44. The fourth-order valence-electron chi connectivity index (χ4n) is 0.556. The van der Waals surface area contributed by atoms with Gasteiger partial charge in [0.25, 0.3) is 0 Å². The van der Waals surface area contributed by atoms with Crippen molar-refractivity contribution in [1.29, 1.82) is 0 Å². The van der Waals surface area contributed by atoms with E-state index in [1.165, 1.54) is 5.71 Å². The lowest BCUT2D eigenvalue weighted by Gasteiger charge is -2.05. The predicted octanol–water partition coefficient (Wildman–Crippen LogP) is 2.51. The van der Waals surface area contributed by atoms with Crippen LogP contribution >= 0.6 is 0 Å². The van der Waals surface area contributed by atoms with Crippen LogP contribution in [-0.2, 0) is 0 Å². The zero-order valence-corrected chi connectivity index (χ0v) is 7.10. The van der Waals surface area contributed by atoms with Crippen LogP contribution in [0.2, 0.25) is 0 Å². The molecule has 0 spiro atoms. The summed E-state index contributed by atoms with van der Waals surface area (Å²) in [5.41, 5.74) is 1.25. The maximum atomic E-state index is 4.39. The molecule has 54 valence electrons. The third-order valence-corrected chi connectivity index (χ3v) is 1.30. The smallest absolute Gasteiger partial charge is 0.0442 e. The Morgan fingerprint density at radius 1 is 1.11 bits per heavy atom. The molecule has 0 aromatic carbocycles. The monoisotopic (exact) mass is 127 g/mol. The first-order valence-corrected chi connectivity index (χ1v) is 3.58. The van der Waals surface area contributed by atoms with Crippen LogP contribution in [0, 0.1) is 5.92 Å². The van der Waals surface area contributed by atoms with Gasteiger partial charge in [-0.1, -0.05) is 13.8 Å². The van der Waals surface area contributed by atoms with Gasteiger partial charge in [0.1, 0.15) is 0 Å². The molecule has 0 amide bonds. The maximum Gasteiger partial charge on any atom is 0.0442 e. The van der Waals surface area contributed by atoms with Crippen LogP contribution in [0.25, 0.3) is 0 Å². The summed E-state index contributed by atoms with van der Waals surface area (Å²) in [5.74, 6) is 0.604. The molecular weight excluding hydrogens is 110 g/mol. The molecule has 1 heteroatoms. The van der Waals surface area contributed by atoms with Gasteiger partial charge < -0.3 is 0 Å². The second kappa shape index (κ2) is 3.65. The number of nitrogens with zero attached hydrogens (tertiary/aromatic N) is 1. The quantitative estimate of drug-likeness (QED) is 0.505. The summed E-state index contributed by atoms with van der Waals surface area (Å²) in [4.78, 5) is 4.39. The van der Waals surface area contributed by atoms with Crippen molar-refractivity contribution in [2.45, 2.75) is 40.7 Å². The largest absolute Gasteiger partial charge is 0.291 e. The van der Waals surface area contributed by atoms with Crippen molar-refractivity contribution in [3.63, 3.8) is 0 Å². The topological polar surface area (TPSA) is 12.4 Å². The van der Waals surface area contributed by atoms with Gasteiger partial charge in [-0.2, -0.15) is 0 Å². The fraction of sp³-hybridized carbons (Fsp3) is 0.875. The summed E-state index contributed by atoms with van der Waals surface area (Å²) in [6.45, 7) is 10.6. The minimum atomic E-state index is 0.451. The molecule has 0 N–H and O–H groups in total. The second-order valence-electron chi connectivity index (χ2n) is 3.02. The number of rotatable bonds is 2. The molecule has 0 rings (SSSR count). The van der Waals surface area contributed by atoms with Crippen molar-refractivity contribution >= 4 is 5.71 Å². The normalized spacial score (nSPS) is 13.4. The van der Waals surface area contributed by atoms with Crippen LogP contribution in [0.5, 0.6) is 0 Å². The minimum Gasteiger partial charge on any atom is -0.291 e. The molecule has 0 aliphatic heterocycles. The van der Waals surface area contributed by atoms with Crippen molar-refractivity contribution in [2.75, 3.05) is 0 Å². The molecule has 0 fully saturated rings. The van der Waals surface area contributed by atoms with E-state index in [0.717, 1.165) is 0 Å². The lowest BCUT2D eigenvalue weighted by molar-refractivity contribution is 0.794. The van der Waals surface area contributed by atoms with Crippen LogP contribution in [-0.4, -0.2) is 11.8 Å². The highest BCUT2D eigenvalue weighted by atomic mass is 14.8. The average molecular weight is 127 g/mol. The van der Waals surface area contributed by atoms with Gasteiger partial charge in [0.05, 0.1) is 0 Å². The molecule has 0 aromatic rings. The number of hydrogen-bond donors (Lipinski definition) is 0. The van der Waals surface area contributed by atoms with Crippen LogP contribution in [0.1, 0.15) is 34.6 Å². The molecular formula is C8H17N. The first-order chi connectivity index (χ1) is 4.04. The molecule has 0 aliphatic carbocycles. The summed E-state index contributed by atoms with van der Waals surface area (Å²) >= 11 is 0. The van der Waals surface area contributed by atoms with Gasteiger partial charge in [-0.05, 0) is 26.7 Å². The van der Waals surface area contributed by atoms with Gasteiger partial charge in [-0.25, -0.2) is 0 Å². The molecule has 0 saturated heterocycles. The Hall–Kier alpha value is -0.330. The molecule has 0 heterocycles. The van der Waals surface area contributed by atoms with Crippen LogP contribution in [0.4, 0.5) is 0 Å². The van der Waals surface area contributed by atoms with Gasteiger partial charge in [-0.3, -0.25) is 4.99 Å². The highest BCUT2D eigenvalue weighted by molar-refractivity contribution is 5.83. The Morgan fingerprint density at radius 3 is 1.67 bits per heavy atom. The highest BCUT2D eigenvalue weighted by Gasteiger charge is 1.97. The van der Waals surface area contributed by atoms with Crippen molar-refractivity contribution in [2.24, 2.45) is 10.9 Å². The Morgan fingerprint density at radius 2 is 1.56 bits per heavy atom. The Kier molecular flexibility index (Phi) is 3.52. The summed E-state index contributed by atoms with van der Waals surface area (Å²) < 4.78 is 0. The predicted molar refractivity (Wildman–Crippen MR) is 43.1 cm³/mol. The van der Waals surface area contributed by atoms with E-state index >= 15 is 0 Å². The third kappa shape index (κ3) is 4.19. The van der Waals surface area contributed by atoms with Gasteiger partial charge in [0.2, 0.25) is 0 Å². The number of hydrogen-bond acceptors (Lipinski definition) is 1. The summed E-state index contributed by atoms with van der Waals surface area (Å²) in [6.07, 6.45) is 0. The average Bonchev–Trinajstić information content (AvgIpc) is 1.63. The van der Waals surface area contributed by atoms with Crippen LogP contribution in [0.3, 0.4) is 0 Å². The van der Waals surface area contributed by atoms with Crippen molar-refractivity contribution < 1.29 is 0 Å². The first-order valence-electron chi connectivity index (χ1n) is 3.58. The summed E-state index contributed by atoms with van der Waals surface area (Å²) in [5, 5.41) is 0. The van der Waals surface area contributed by atoms with Crippen molar-refractivity contribution in [3.8, 4) is 0 Å². The minimum absolute atomic E-state index is 0.451. The molecule has 0 atom stereocenters. The standard InChI is InChI=1S/C8H17N/c1-6(2)8(5)9-7(3)4/h6-7H,1-5H3/b9-8+. The van der Waals surface area contributed by atoms with Gasteiger partial charge in [0.15, 0.2) is 0 Å². The van der Waals surface area contributed by atoms with Gasteiger partial charge >= 0.3 is 0 Å². The summed E-state index contributed by atoms with van der Waals surface area (Å²) in [7, 11) is 0. The van der Waals surface area contributed by atoms with E-state index in [4.69, 9.17) is 0 Å². The maximum absolute atomic E-state index is 4.39. The molecule has 9 heavy (non-hydrogen) atoms. The fourth-order valence-corrected chi connectivity index (χ4v) is 0.556. The van der Waals surface area contributed by atoms with E-state index in [0.29, 0.717) is 12.0 Å². The van der Waals surface area contributed by atoms with E-state index in [2.05, 4.69) is 39.6 Å². The Balaban J connectivity index is 3.84. The van der Waals surface area contributed by atoms with Gasteiger partial charge in [-0.15, -0.1) is 0 Å². The Labute approximate surface area is 58.2 Å². The van der Waals surface area contributed by atoms with Crippen LogP contribution in [0.15, 0.2) is 4.99 Å². The molecule has 0 aliphatic rings. The molecule has 0 aromatic heterocycles. The zero-order valence-electron chi connectivity index (χ0n) is 7.10. The molecule has 0 unspecified atom stereocenters. The van der Waals surface area contributed by atoms with E-state index in [1.54, 1.807) is 0 Å².